The van der Waals surface area contributed by atoms with Gasteiger partial charge in [0.2, 0.25) is 0 Å². The molecule has 0 aliphatic carbocycles. The molecule has 0 saturated carbocycles. The van der Waals surface area contributed by atoms with Crippen LogP contribution in [0.25, 0.3) is 0 Å². The van der Waals surface area contributed by atoms with E-state index >= 15 is 0 Å². The Morgan fingerprint density at radius 3 is 2.28 bits per heavy atom. The summed E-state index contributed by atoms with van der Waals surface area (Å²) in [5, 5.41) is 0. The third-order valence-electron chi connectivity index (χ3n) is 3.02. The standard InChI is InChI=1S/C16H17BrO/c1-11-7-12(2)16(13(3)8-11)10-18-15-6-4-5-14(17)9-15/h4-9H,10H2,1-3H3. The van der Waals surface area contributed by atoms with Crippen LogP contribution in [0.5, 0.6) is 5.75 Å². The molecule has 0 saturated heterocycles. The lowest BCUT2D eigenvalue weighted by Gasteiger charge is -2.13. The summed E-state index contributed by atoms with van der Waals surface area (Å²) in [6.07, 6.45) is 0. The molecule has 0 aliphatic rings. The Balaban J connectivity index is 2.16. The van der Waals surface area contributed by atoms with Crippen molar-refractivity contribution in [1.82, 2.24) is 0 Å². The van der Waals surface area contributed by atoms with Crippen LogP contribution in [0.3, 0.4) is 0 Å². The van der Waals surface area contributed by atoms with Crippen LogP contribution in [0.15, 0.2) is 40.9 Å². The maximum Gasteiger partial charge on any atom is 0.120 e. The summed E-state index contributed by atoms with van der Waals surface area (Å²) in [4.78, 5) is 0. The van der Waals surface area contributed by atoms with Crippen molar-refractivity contribution in [2.24, 2.45) is 0 Å². The Morgan fingerprint density at radius 1 is 1.00 bits per heavy atom. The SMILES string of the molecule is Cc1cc(C)c(COc2cccc(Br)c2)c(C)c1. The van der Waals surface area contributed by atoms with Crippen LogP contribution >= 0.6 is 15.9 Å². The Hall–Kier alpha value is -1.28. The van der Waals surface area contributed by atoms with E-state index < -0.39 is 0 Å². The van der Waals surface area contributed by atoms with Crippen LogP contribution in [0.1, 0.15) is 22.3 Å². The van der Waals surface area contributed by atoms with E-state index in [4.69, 9.17) is 4.74 Å². The molecular weight excluding hydrogens is 288 g/mol. The van der Waals surface area contributed by atoms with Gasteiger partial charge in [-0.15, -0.1) is 0 Å². The van der Waals surface area contributed by atoms with Crippen molar-refractivity contribution in [2.75, 3.05) is 0 Å². The molecule has 94 valence electrons. The molecule has 0 aromatic heterocycles. The largest absolute Gasteiger partial charge is 0.489 e. The monoisotopic (exact) mass is 304 g/mol. The van der Waals surface area contributed by atoms with Crippen molar-refractivity contribution < 1.29 is 4.74 Å². The average molecular weight is 305 g/mol. The molecule has 0 atom stereocenters. The van der Waals surface area contributed by atoms with E-state index in [1.54, 1.807) is 0 Å². The molecule has 0 amide bonds. The normalized spacial score (nSPS) is 10.4. The number of rotatable bonds is 3. The highest BCUT2D eigenvalue weighted by Gasteiger charge is 2.05. The van der Waals surface area contributed by atoms with Crippen LogP contribution in [0, 0.1) is 20.8 Å². The Bertz CT molecular complexity index is 538. The van der Waals surface area contributed by atoms with Crippen LogP contribution < -0.4 is 4.74 Å². The lowest BCUT2D eigenvalue weighted by Crippen LogP contribution is -2.01. The second-order valence-electron chi connectivity index (χ2n) is 4.62. The van der Waals surface area contributed by atoms with E-state index in [1.165, 1.54) is 22.3 Å². The summed E-state index contributed by atoms with van der Waals surface area (Å²) < 4.78 is 6.88. The first-order valence-electron chi connectivity index (χ1n) is 6.01. The van der Waals surface area contributed by atoms with Gasteiger partial charge >= 0.3 is 0 Å². The molecule has 2 rings (SSSR count). The molecule has 0 fully saturated rings. The average Bonchev–Trinajstić information content (AvgIpc) is 2.27. The van der Waals surface area contributed by atoms with Gasteiger partial charge in [-0.1, -0.05) is 39.7 Å². The van der Waals surface area contributed by atoms with Gasteiger partial charge < -0.3 is 4.74 Å². The maximum absolute atomic E-state index is 5.84. The zero-order chi connectivity index (χ0) is 13.1. The number of ether oxygens (including phenoxy) is 1. The predicted molar refractivity (Wildman–Crippen MR) is 79.1 cm³/mol. The predicted octanol–water partition coefficient (Wildman–Crippen LogP) is 4.95. The summed E-state index contributed by atoms with van der Waals surface area (Å²) >= 11 is 3.45. The summed E-state index contributed by atoms with van der Waals surface area (Å²) in [5.41, 5.74) is 5.17. The Labute approximate surface area is 117 Å². The maximum atomic E-state index is 5.84. The molecule has 0 heterocycles. The third-order valence-corrected chi connectivity index (χ3v) is 3.51. The van der Waals surface area contributed by atoms with Crippen molar-refractivity contribution in [2.45, 2.75) is 27.4 Å². The quantitative estimate of drug-likeness (QED) is 0.779. The van der Waals surface area contributed by atoms with Gasteiger partial charge in [0.1, 0.15) is 12.4 Å². The van der Waals surface area contributed by atoms with Crippen LogP contribution in [-0.4, -0.2) is 0 Å². The fourth-order valence-corrected chi connectivity index (χ4v) is 2.53. The van der Waals surface area contributed by atoms with Gasteiger partial charge in [0, 0.05) is 4.47 Å². The zero-order valence-electron chi connectivity index (χ0n) is 11.0. The number of hydrogen-bond donors (Lipinski definition) is 0. The van der Waals surface area contributed by atoms with Crippen LogP contribution in [0.2, 0.25) is 0 Å². The van der Waals surface area contributed by atoms with Gasteiger partial charge in [-0.3, -0.25) is 0 Å². The second-order valence-corrected chi connectivity index (χ2v) is 5.54. The van der Waals surface area contributed by atoms with Gasteiger partial charge in [-0.2, -0.15) is 0 Å². The van der Waals surface area contributed by atoms with Crippen molar-refractivity contribution in [3.8, 4) is 5.75 Å². The van der Waals surface area contributed by atoms with Gasteiger partial charge in [0.25, 0.3) is 0 Å². The highest BCUT2D eigenvalue weighted by atomic mass is 79.9. The van der Waals surface area contributed by atoms with Gasteiger partial charge in [-0.25, -0.2) is 0 Å². The first-order chi connectivity index (χ1) is 8.56. The van der Waals surface area contributed by atoms with Gasteiger partial charge in [0.05, 0.1) is 0 Å². The lowest BCUT2D eigenvalue weighted by atomic mass is 10.0. The second kappa shape index (κ2) is 5.57. The highest BCUT2D eigenvalue weighted by Crippen LogP contribution is 2.21. The molecule has 2 aromatic rings. The van der Waals surface area contributed by atoms with Crippen LogP contribution in [-0.2, 0) is 6.61 Å². The smallest absolute Gasteiger partial charge is 0.120 e. The number of halogens is 1. The van der Waals surface area contributed by atoms with Crippen LogP contribution in [0.4, 0.5) is 0 Å². The molecule has 0 aliphatic heterocycles. The van der Waals surface area contributed by atoms with E-state index in [9.17, 15) is 0 Å². The van der Waals surface area contributed by atoms with Gasteiger partial charge in [0.15, 0.2) is 0 Å². The van der Waals surface area contributed by atoms with Crippen molar-refractivity contribution in [3.63, 3.8) is 0 Å². The lowest BCUT2D eigenvalue weighted by molar-refractivity contribution is 0.304. The minimum absolute atomic E-state index is 0.619. The summed E-state index contributed by atoms with van der Waals surface area (Å²) in [6.45, 7) is 7.02. The molecule has 0 radical (unpaired) electrons. The zero-order valence-corrected chi connectivity index (χ0v) is 12.5. The fourth-order valence-electron chi connectivity index (χ4n) is 2.15. The summed E-state index contributed by atoms with van der Waals surface area (Å²) in [6, 6.07) is 12.3. The van der Waals surface area contributed by atoms with Crippen molar-refractivity contribution in [3.05, 3.63) is 63.1 Å². The number of aryl methyl sites for hydroxylation is 3. The molecule has 1 nitrogen and oxygen atoms in total. The molecule has 2 heteroatoms. The van der Waals surface area contributed by atoms with E-state index in [0.717, 1.165) is 10.2 Å². The fraction of sp³-hybridized carbons (Fsp3) is 0.250. The van der Waals surface area contributed by atoms with Crippen molar-refractivity contribution >= 4 is 15.9 Å². The molecule has 0 bridgehead atoms. The summed E-state index contributed by atoms with van der Waals surface area (Å²) in [7, 11) is 0. The molecule has 18 heavy (non-hydrogen) atoms. The minimum Gasteiger partial charge on any atom is -0.489 e. The van der Waals surface area contributed by atoms with E-state index in [2.05, 4.69) is 48.8 Å². The number of benzene rings is 2. The van der Waals surface area contributed by atoms with E-state index in [1.807, 2.05) is 24.3 Å². The molecule has 0 unspecified atom stereocenters. The molecule has 0 N–H and O–H groups in total. The van der Waals surface area contributed by atoms with E-state index in [0.29, 0.717) is 6.61 Å². The molecule has 2 aromatic carbocycles. The Kier molecular flexibility index (Phi) is 4.07. The summed E-state index contributed by atoms with van der Waals surface area (Å²) in [5.74, 6) is 0.892. The molecule has 0 spiro atoms. The third kappa shape index (κ3) is 3.14. The van der Waals surface area contributed by atoms with Crippen molar-refractivity contribution in [1.29, 1.82) is 0 Å². The first kappa shape index (κ1) is 13.2. The topological polar surface area (TPSA) is 9.23 Å². The minimum atomic E-state index is 0.619. The molecular formula is C16H17BrO. The van der Waals surface area contributed by atoms with E-state index in [-0.39, 0.29) is 0 Å². The Morgan fingerprint density at radius 2 is 1.67 bits per heavy atom. The van der Waals surface area contributed by atoms with Gasteiger partial charge in [-0.05, 0) is 55.7 Å². The first-order valence-corrected chi connectivity index (χ1v) is 6.80. The highest BCUT2D eigenvalue weighted by molar-refractivity contribution is 9.10. The number of hydrogen-bond acceptors (Lipinski definition) is 1.